The minimum Gasteiger partial charge on any atom is -0.363 e. The fraction of sp³-hybridized carbons (Fsp3) is 0.455. The summed E-state index contributed by atoms with van der Waals surface area (Å²) < 4.78 is 5.57. The summed E-state index contributed by atoms with van der Waals surface area (Å²) in [5.74, 6) is 0. The van der Waals surface area contributed by atoms with Gasteiger partial charge < -0.3 is 9.64 Å². The summed E-state index contributed by atoms with van der Waals surface area (Å²) in [5.41, 5.74) is 1.30. The first-order chi connectivity index (χ1) is 6.27. The Morgan fingerprint density at radius 3 is 2.54 bits per heavy atom. The molecule has 2 rings (SSSR count). The number of hydrogen-bond donors (Lipinski definition) is 0. The van der Waals surface area contributed by atoms with Gasteiger partial charge in [-0.1, -0.05) is 30.3 Å². The van der Waals surface area contributed by atoms with Crippen LogP contribution in [0.4, 0.5) is 0 Å². The molecule has 1 aromatic carbocycles. The lowest BCUT2D eigenvalue weighted by Crippen LogP contribution is -2.18. The fourth-order valence-corrected chi connectivity index (χ4v) is 1.58. The predicted octanol–water partition coefficient (Wildman–Crippen LogP) is 1.69. The third-order valence-corrected chi connectivity index (χ3v) is 2.26. The van der Waals surface area contributed by atoms with E-state index >= 15 is 0 Å². The molecule has 0 unspecified atom stereocenters. The molecule has 70 valence electrons. The first kappa shape index (κ1) is 8.73. The Morgan fingerprint density at radius 2 is 1.92 bits per heavy atom. The molecule has 13 heavy (non-hydrogen) atoms. The molecule has 1 fully saturated rings. The van der Waals surface area contributed by atoms with Gasteiger partial charge in [0.15, 0.2) is 0 Å². The average Bonchev–Trinajstić information content (AvgIpc) is 2.84. The van der Waals surface area contributed by atoms with Crippen molar-refractivity contribution >= 4 is 0 Å². The van der Waals surface area contributed by atoms with Gasteiger partial charge in [-0.15, -0.1) is 0 Å². The second-order valence-electron chi connectivity index (χ2n) is 3.77. The van der Waals surface area contributed by atoms with Crippen LogP contribution >= 0.6 is 0 Å². The van der Waals surface area contributed by atoms with E-state index in [1.165, 1.54) is 5.56 Å². The third-order valence-electron chi connectivity index (χ3n) is 2.26. The van der Waals surface area contributed by atoms with Gasteiger partial charge in [0.1, 0.15) is 12.2 Å². The summed E-state index contributed by atoms with van der Waals surface area (Å²) in [6, 6.07) is 10.4. The van der Waals surface area contributed by atoms with Gasteiger partial charge in [0.2, 0.25) is 0 Å². The van der Waals surface area contributed by atoms with Crippen LogP contribution in [0.3, 0.4) is 0 Å². The van der Waals surface area contributed by atoms with Crippen molar-refractivity contribution in [2.24, 2.45) is 0 Å². The highest BCUT2D eigenvalue weighted by Crippen LogP contribution is 2.38. The van der Waals surface area contributed by atoms with Crippen molar-refractivity contribution in [2.45, 2.75) is 12.2 Å². The molecule has 2 nitrogen and oxygen atoms in total. The Kier molecular flexibility index (Phi) is 2.34. The standard InChI is InChI=1S/C11H15NO/c1-12(2)8-10-11(13-10)9-6-4-3-5-7-9/h3-7,10-11H,8H2,1-2H3/t10-,11+/m0/s1. The summed E-state index contributed by atoms with van der Waals surface area (Å²) >= 11 is 0. The zero-order valence-electron chi connectivity index (χ0n) is 8.10. The molecule has 0 amide bonds. The highest BCUT2D eigenvalue weighted by Gasteiger charge is 2.39. The highest BCUT2D eigenvalue weighted by atomic mass is 16.6. The molecule has 1 saturated heterocycles. The molecule has 0 aromatic heterocycles. The number of epoxide rings is 1. The van der Waals surface area contributed by atoms with Gasteiger partial charge in [-0.25, -0.2) is 0 Å². The summed E-state index contributed by atoms with van der Waals surface area (Å²) in [6.45, 7) is 1.01. The van der Waals surface area contributed by atoms with E-state index in [0.29, 0.717) is 12.2 Å². The Hall–Kier alpha value is -0.860. The topological polar surface area (TPSA) is 15.8 Å². The minimum absolute atomic E-state index is 0.337. The van der Waals surface area contributed by atoms with Crippen molar-refractivity contribution in [1.29, 1.82) is 0 Å². The van der Waals surface area contributed by atoms with Crippen LogP contribution in [-0.2, 0) is 4.74 Å². The molecule has 0 aliphatic carbocycles. The van der Waals surface area contributed by atoms with E-state index in [9.17, 15) is 0 Å². The molecule has 0 spiro atoms. The molecule has 2 heteroatoms. The molecule has 0 radical (unpaired) electrons. The molecule has 2 atom stereocenters. The van der Waals surface area contributed by atoms with Gasteiger partial charge in [0, 0.05) is 6.54 Å². The van der Waals surface area contributed by atoms with Crippen LogP contribution in [0, 0.1) is 0 Å². The van der Waals surface area contributed by atoms with Gasteiger partial charge in [0.25, 0.3) is 0 Å². The van der Waals surface area contributed by atoms with Gasteiger partial charge >= 0.3 is 0 Å². The van der Waals surface area contributed by atoms with Crippen molar-refractivity contribution in [2.75, 3.05) is 20.6 Å². The monoisotopic (exact) mass is 177 g/mol. The van der Waals surface area contributed by atoms with Gasteiger partial charge in [-0.3, -0.25) is 0 Å². The van der Waals surface area contributed by atoms with E-state index in [1.807, 2.05) is 6.07 Å². The maximum absolute atomic E-state index is 5.57. The smallest absolute Gasteiger partial charge is 0.110 e. The number of rotatable bonds is 3. The normalized spacial score (nSPS) is 26.4. The van der Waals surface area contributed by atoms with Crippen LogP contribution < -0.4 is 0 Å². The molecule has 0 N–H and O–H groups in total. The van der Waals surface area contributed by atoms with Crippen molar-refractivity contribution in [3.63, 3.8) is 0 Å². The third kappa shape index (κ3) is 2.08. The van der Waals surface area contributed by atoms with Crippen LogP contribution in [0.25, 0.3) is 0 Å². The number of hydrogen-bond acceptors (Lipinski definition) is 2. The zero-order chi connectivity index (χ0) is 9.26. The van der Waals surface area contributed by atoms with Crippen molar-refractivity contribution in [3.8, 4) is 0 Å². The molecule has 1 aromatic rings. The first-order valence-electron chi connectivity index (χ1n) is 4.62. The summed E-state index contributed by atoms with van der Waals surface area (Å²) in [6.07, 6.45) is 0.737. The summed E-state index contributed by atoms with van der Waals surface area (Å²) in [5, 5.41) is 0. The number of nitrogens with zero attached hydrogens (tertiary/aromatic N) is 1. The molecule has 0 bridgehead atoms. The maximum Gasteiger partial charge on any atom is 0.110 e. The maximum atomic E-state index is 5.57. The SMILES string of the molecule is CN(C)C[C@@H]1O[C@@H]1c1ccccc1. The van der Waals surface area contributed by atoms with Crippen LogP contribution in [0.2, 0.25) is 0 Å². The van der Waals surface area contributed by atoms with Crippen molar-refractivity contribution in [1.82, 2.24) is 4.90 Å². The summed E-state index contributed by atoms with van der Waals surface area (Å²) in [7, 11) is 4.15. The lowest BCUT2D eigenvalue weighted by atomic mass is 10.1. The molecule has 1 heterocycles. The Morgan fingerprint density at radius 1 is 1.23 bits per heavy atom. The number of ether oxygens (including phenoxy) is 1. The summed E-state index contributed by atoms with van der Waals surface area (Å²) in [4.78, 5) is 2.16. The Balaban J connectivity index is 1.93. The zero-order valence-corrected chi connectivity index (χ0v) is 8.10. The van der Waals surface area contributed by atoms with E-state index < -0.39 is 0 Å². The first-order valence-corrected chi connectivity index (χ1v) is 4.62. The van der Waals surface area contributed by atoms with Crippen molar-refractivity contribution < 1.29 is 4.74 Å². The number of benzene rings is 1. The van der Waals surface area contributed by atoms with Gasteiger partial charge in [0.05, 0.1) is 0 Å². The van der Waals surface area contributed by atoms with Gasteiger partial charge in [-0.2, -0.15) is 0 Å². The largest absolute Gasteiger partial charge is 0.363 e. The van der Waals surface area contributed by atoms with Crippen LogP contribution in [0.5, 0.6) is 0 Å². The number of likely N-dealkylation sites (N-methyl/N-ethyl adjacent to an activating group) is 1. The highest BCUT2D eigenvalue weighted by molar-refractivity contribution is 5.22. The second-order valence-corrected chi connectivity index (χ2v) is 3.77. The quantitative estimate of drug-likeness (QED) is 0.653. The molecular formula is C11H15NO. The Labute approximate surface area is 79.1 Å². The molecule has 1 aliphatic rings. The van der Waals surface area contributed by atoms with E-state index in [0.717, 1.165) is 6.54 Å². The van der Waals surface area contributed by atoms with E-state index in [-0.39, 0.29) is 0 Å². The van der Waals surface area contributed by atoms with Crippen LogP contribution in [-0.4, -0.2) is 31.6 Å². The lowest BCUT2D eigenvalue weighted by Gasteiger charge is -2.05. The Bertz CT molecular complexity index is 271. The van der Waals surface area contributed by atoms with Crippen molar-refractivity contribution in [3.05, 3.63) is 35.9 Å². The van der Waals surface area contributed by atoms with Crippen LogP contribution in [0.1, 0.15) is 11.7 Å². The predicted molar refractivity (Wildman–Crippen MR) is 52.6 cm³/mol. The minimum atomic E-state index is 0.337. The second kappa shape index (κ2) is 3.48. The fourth-order valence-electron chi connectivity index (χ4n) is 1.58. The molecule has 1 aliphatic heterocycles. The van der Waals surface area contributed by atoms with Crippen LogP contribution in [0.15, 0.2) is 30.3 Å². The van der Waals surface area contributed by atoms with E-state index in [1.54, 1.807) is 0 Å². The molecular weight excluding hydrogens is 162 g/mol. The molecule has 0 saturated carbocycles. The lowest BCUT2D eigenvalue weighted by molar-refractivity contribution is 0.314. The van der Waals surface area contributed by atoms with E-state index in [4.69, 9.17) is 4.74 Å². The van der Waals surface area contributed by atoms with Gasteiger partial charge in [-0.05, 0) is 19.7 Å². The average molecular weight is 177 g/mol. The van der Waals surface area contributed by atoms with E-state index in [2.05, 4.69) is 43.3 Å².